The number of nitrogens with zero attached hydrogens (tertiary/aromatic N) is 2. The highest BCUT2D eigenvalue weighted by molar-refractivity contribution is 6.14. The van der Waals surface area contributed by atoms with E-state index in [-0.39, 0.29) is 17.3 Å². The van der Waals surface area contributed by atoms with Crippen LogP contribution in [0, 0.1) is 0 Å². The molecule has 0 unspecified atom stereocenters. The number of carbonyl (C=O) groups is 1. The van der Waals surface area contributed by atoms with Crippen molar-refractivity contribution < 1.29 is 14.6 Å². The predicted molar refractivity (Wildman–Crippen MR) is 84.6 cm³/mol. The van der Waals surface area contributed by atoms with Gasteiger partial charge in [0.2, 0.25) is 5.78 Å². The number of aromatic hydroxyl groups is 1. The number of ketones is 1. The van der Waals surface area contributed by atoms with Gasteiger partial charge in [0.25, 0.3) is 0 Å². The second-order valence-electron chi connectivity index (χ2n) is 5.17. The van der Waals surface area contributed by atoms with Crippen molar-refractivity contribution in [2.24, 2.45) is 0 Å². The Bertz CT molecular complexity index is 926. The minimum absolute atomic E-state index is 0.0645. The third kappa shape index (κ3) is 2.38. The minimum atomic E-state index is -0.201. The van der Waals surface area contributed by atoms with E-state index in [4.69, 9.17) is 4.74 Å². The number of fused-ring (bicyclic) bond motifs is 1. The van der Waals surface area contributed by atoms with Gasteiger partial charge in [0.05, 0.1) is 17.4 Å². The summed E-state index contributed by atoms with van der Waals surface area (Å²) in [5.41, 5.74) is 2.14. The highest BCUT2D eigenvalue weighted by Gasteiger charge is 2.27. The minimum Gasteiger partial charge on any atom is -0.508 e. The lowest BCUT2D eigenvalue weighted by molar-refractivity contribution is 0.101. The van der Waals surface area contributed by atoms with Crippen LogP contribution >= 0.6 is 0 Å². The van der Waals surface area contributed by atoms with E-state index in [1.54, 1.807) is 23.0 Å². The van der Waals surface area contributed by atoms with Crippen LogP contribution in [0.1, 0.15) is 15.9 Å². The Morgan fingerprint density at radius 2 is 1.96 bits per heavy atom. The molecule has 2 aromatic carbocycles. The Kier molecular flexibility index (Phi) is 2.98. The molecule has 0 aliphatic carbocycles. The lowest BCUT2D eigenvalue weighted by atomic mass is 10.1. The summed E-state index contributed by atoms with van der Waals surface area (Å²) in [6, 6.07) is 14.1. The second kappa shape index (κ2) is 5.14. The van der Waals surface area contributed by atoms with Gasteiger partial charge in [0, 0.05) is 17.8 Å². The van der Waals surface area contributed by atoms with Crippen LogP contribution in [0.15, 0.2) is 66.7 Å². The van der Waals surface area contributed by atoms with Crippen molar-refractivity contribution in [3.63, 3.8) is 0 Å². The predicted octanol–water partition coefficient (Wildman–Crippen LogP) is 3.19. The molecular weight excluding hydrogens is 292 g/mol. The Balaban J connectivity index is 1.65. The maximum Gasteiger partial charge on any atom is 0.231 e. The first-order chi connectivity index (χ1) is 11.2. The number of phenols is 1. The molecule has 2 heterocycles. The fraction of sp³-hybridized carbons (Fsp3) is 0. The first-order valence-corrected chi connectivity index (χ1v) is 7.08. The van der Waals surface area contributed by atoms with Gasteiger partial charge >= 0.3 is 0 Å². The molecule has 1 aromatic heterocycles. The number of carbonyl (C=O) groups excluding carboxylic acids is 1. The summed E-state index contributed by atoms with van der Waals surface area (Å²) >= 11 is 0. The number of aromatic nitrogens is 2. The standard InChI is InChI=1S/C18H12N2O3/c21-14-6-7-15-16(9-14)23-17(18(15)22)8-12-10-19-20(11-12)13-4-2-1-3-5-13/h1-11,21H/b17-8+. The van der Waals surface area contributed by atoms with Crippen LogP contribution in [-0.4, -0.2) is 20.7 Å². The van der Waals surface area contributed by atoms with Crippen molar-refractivity contribution in [3.05, 3.63) is 77.8 Å². The molecule has 5 heteroatoms. The lowest BCUT2D eigenvalue weighted by Crippen LogP contribution is -1.97. The van der Waals surface area contributed by atoms with Gasteiger partial charge in [-0.3, -0.25) is 4.79 Å². The zero-order chi connectivity index (χ0) is 15.8. The summed E-state index contributed by atoms with van der Waals surface area (Å²) in [5, 5.41) is 13.7. The van der Waals surface area contributed by atoms with Gasteiger partial charge in [-0.05, 0) is 30.3 Å². The normalized spacial score (nSPS) is 14.8. The number of phenolic OH excluding ortho intramolecular Hbond substituents is 1. The molecule has 0 radical (unpaired) electrons. The third-order valence-corrected chi connectivity index (χ3v) is 3.57. The molecule has 0 saturated carbocycles. The maximum absolute atomic E-state index is 12.3. The molecule has 0 fully saturated rings. The van der Waals surface area contributed by atoms with Crippen LogP contribution in [0.25, 0.3) is 11.8 Å². The van der Waals surface area contributed by atoms with Crippen LogP contribution in [0.5, 0.6) is 11.5 Å². The smallest absolute Gasteiger partial charge is 0.231 e. The summed E-state index contributed by atoms with van der Waals surface area (Å²) in [4.78, 5) is 12.3. The molecule has 0 atom stereocenters. The highest BCUT2D eigenvalue weighted by Crippen LogP contribution is 2.34. The summed E-state index contributed by atoms with van der Waals surface area (Å²) in [5.74, 6) is 0.456. The number of hydrogen-bond acceptors (Lipinski definition) is 4. The number of hydrogen-bond donors (Lipinski definition) is 1. The van der Waals surface area contributed by atoms with Crippen LogP contribution in [0.4, 0.5) is 0 Å². The quantitative estimate of drug-likeness (QED) is 0.738. The van der Waals surface area contributed by atoms with Gasteiger partial charge in [-0.15, -0.1) is 0 Å². The van der Waals surface area contributed by atoms with Crippen molar-refractivity contribution in [1.82, 2.24) is 9.78 Å². The highest BCUT2D eigenvalue weighted by atomic mass is 16.5. The fourth-order valence-corrected chi connectivity index (χ4v) is 2.46. The molecule has 0 amide bonds. The molecule has 112 valence electrons. The molecule has 5 nitrogen and oxygen atoms in total. The van der Waals surface area contributed by atoms with Gasteiger partial charge in [-0.25, -0.2) is 4.68 Å². The molecule has 0 spiro atoms. The molecule has 23 heavy (non-hydrogen) atoms. The zero-order valence-corrected chi connectivity index (χ0v) is 12.0. The van der Waals surface area contributed by atoms with Crippen molar-refractivity contribution in [1.29, 1.82) is 0 Å². The zero-order valence-electron chi connectivity index (χ0n) is 12.0. The van der Waals surface area contributed by atoms with Crippen LogP contribution in [0.2, 0.25) is 0 Å². The van der Waals surface area contributed by atoms with Crippen LogP contribution < -0.4 is 4.74 Å². The third-order valence-electron chi connectivity index (χ3n) is 3.57. The number of ether oxygens (including phenoxy) is 1. The van der Waals surface area contributed by atoms with Gasteiger partial charge in [0.1, 0.15) is 11.5 Å². The molecule has 1 N–H and O–H groups in total. The number of Topliss-reactive ketones (excluding diaryl/α,β-unsaturated/α-hetero) is 1. The molecule has 3 aromatic rings. The van der Waals surface area contributed by atoms with E-state index in [2.05, 4.69) is 5.10 Å². The summed E-state index contributed by atoms with van der Waals surface area (Å²) < 4.78 is 7.26. The fourth-order valence-electron chi connectivity index (χ4n) is 2.46. The first-order valence-electron chi connectivity index (χ1n) is 7.08. The van der Waals surface area contributed by atoms with E-state index >= 15 is 0 Å². The Morgan fingerprint density at radius 1 is 1.13 bits per heavy atom. The largest absolute Gasteiger partial charge is 0.508 e. The molecular formula is C18H12N2O3. The molecule has 0 bridgehead atoms. The Morgan fingerprint density at radius 3 is 2.78 bits per heavy atom. The van der Waals surface area contributed by atoms with Gasteiger partial charge in [-0.2, -0.15) is 5.10 Å². The summed E-state index contributed by atoms with van der Waals surface area (Å²) in [6.45, 7) is 0. The maximum atomic E-state index is 12.3. The van der Waals surface area contributed by atoms with Crippen LogP contribution in [-0.2, 0) is 0 Å². The van der Waals surface area contributed by atoms with Crippen molar-refractivity contribution in [3.8, 4) is 17.2 Å². The molecule has 0 saturated heterocycles. The monoisotopic (exact) mass is 304 g/mol. The number of rotatable bonds is 2. The molecule has 1 aliphatic rings. The Labute approximate surface area is 132 Å². The Hall–Kier alpha value is -3.34. The topological polar surface area (TPSA) is 64.4 Å². The average molecular weight is 304 g/mol. The van der Waals surface area contributed by atoms with Crippen molar-refractivity contribution >= 4 is 11.9 Å². The number of allylic oxidation sites excluding steroid dienone is 1. The molecule has 1 aliphatic heterocycles. The van der Waals surface area contributed by atoms with Gasteiger partial charge < -0.3 is 9.84 Å². The lowest BCUT2D eigenvalue weighted by Gasteiger charge is -1.99. The average Bonchev–Trinajstić information content (AvgIpc) is 3.14. The summed E-state index contributed by atoms with van der Waals surface area (Å²) in [7, 11) is 0. The van der Waals surface area contributed by atoms with E-state index in [0.29, 0.717) is 11.3 Å². The van der Waals surface area contributed by atoms with E-state index in [9.17, 15) is 9.90 Å². The second-order valence-corrected chi connectivity index (χ2v) is 5.17. The van der Waals surface area contributed by atoms with E-state index < -0.39 is 0 Å². The van der Waals surface area contributed by atoms with Crippen molar-refractivity contribution in [2.45, 2.75) is 0 Å². The summed E-state index contributed by atoms with van der Waals surface area (Å²) in [6.07, 6.45) is 5.13. The number of para-hydroxylation sites is 1. The van der Waals surface area contributed by atoms with Gasteiger partial charge in [-0.1, -0.05) is 18.2 Å². The van der Waals surface area contributed by atoms with E-state index in [1.807, 2.05) is 36.5 Å². The van der Waals surface area contributed by atoms with E-state index in [0.717, 1.165) is 11.3 Å². The SMILES string of the molecule is O=C1/C(=C\c2cnn(-c3ccccc3)c2)Oc2cc(O)ccc21. The molecule has 4 rings (SSSR count). The van der Waals surface area contributed by atoms with Gasteiger partial charge in [0.15, 0.2) is 5.76 Å². The first kappa shape index (κ1) is 13.3. The number of benzene rings is 2. The van der Waals surface area contributed by atoms with Crippen LogP contribution in [0.3, 0.4) is 0 Å². The van der Waals surface area contributed by atoms with E-state index in [1.165, 1.54) is 12.1 Å². The van der Waals surface area contributed by atoms with Crippen molar-refractivity contribution in [2.75, 3.05) is 0 Å².